The second-order valence-corrected chi connectivity index (χ2v) is 4.91. The number of carbonyl (C=O) groups excluding carboxylic acids is 1. The lowest BCUT2D eigenvalue weighted by molar-refractivity contribution is -0.122. The van der Waals surface area contributed by atoms with Crippen LogP contribution in [0.15, 0.2) is 23.0 Å². The summed E-state index contributed by atoms with van der Waals surface area (Å²) in [6.07, 6.45) is 5.18. The Morgan fingerprint density at radius 3 is 3.05 bits per heavy atom. The van der Waals surface area contributed by atoms with Crippen LogP contribution >= 0.6 is 0 Å². The lowest BCUT2D eigenvalue weighted by Gasteiger charge is -2.18. The van der Waals surface area contributed by atoms with Gasteiger partial charge >= 0.3 is 0 Å². The van der Waals surface area contributed by atoms with Crippen LogP contribution in [0.4, 0.5) is 0 Å². The first-order valence-corrected chi connectivity index (χ1v) is 6.95. The third-order valence-electron chi connectivity index (χ3n) is 3.37. The molecular formula is C13H17N5O3. The van der Waals surface area contributed by atoms with Crippen LogP contribution in [-0.4, -0.2) is 39.0 Å². The van der Waals surface area contributed by atoms with Crippen LogP contribution in [0.3, 0.4) is 0 Å². The van der Waals surface area contributed by atoms with Crippen LogP contribution < -0.4 is 5.32 Å². The SMILES string of the molecule is O=C(Cn1cccn1)NCc1nc(C2CCOCC2)no1. The van der Waals surface area contributed by atoms with Crippen molar-refractivity contribution in [2.75, 3.05) is 13.2 Å². The first kappa shape index (κ1) is 13.7. The van der Waals surface area contributed by atoms with Gasteiger partial charge in [0.15, 0.2) is 5.82 Å². The first-order valence-electron chi connectivity index (χ1n) is 6.95. The number of aromatic nitrogens is 4. The summed E-state index contributed by atoms with van der Waals surface area (Å²) in [7, 11) is 0. The second kappa shape index (κ2) is 6.49. The number of rotatable bonds is 5. The fourth-order valence-corrected chi connectivity index (χ4v) is 2.23. The van der Waals surface area contributed by atoms with E-state index >= 15 is 0 Å². The maximum absolute atomic E-state index is 11.7. The predicted molar refractivity (Wildman–Crippen MR) is 71.2 cm³/mol. The maximum atomic E-state index is 11.7. The van der Waals surface area contributed by atoms with Crippen molar-refractivity contribution >= 4 is 5.91 Å². The van der Waals surface area contributed by atoms with E-state index in [0.717, 1.165) is 26.1 Å². The number of hydrogen-bond donors (Lipinski definition) is 1. The molecule has 1 aliphatic rings. The van der Waals surface area contributed by atoms with Crippen molar-refractivity contribution in [1.82, 2.24) is 25.2 Å². The zero-order valence-corrected chi connectivity index (χ0v) is 11.6. The molecular weight excluding hydrogens is 274 g/mol. The molecule has 1 fully saturated rings. The summed E-state index contributed by atoms with van der Waals surface area (Å²) in [5, 5.41) is 10.7. The van der Waals surface area contributed by atoms with E-state index in [0.29, 0.717) is 11.7 Å². The maximum Gasteiger partial charge on any atom is 0.246 e. The third-order valence-corrected chi connectivity index (χ3v) is 3.37. The number of carbonyl (C=O) groups is 1. The van der Waals surface area contributed by atoms with Gasteiger partial charge in [-0.05, 0) is 18.9 Å². The summed E-state index contributed by atoms with van der Waals surface area (Å²) in [5.74, 6) is 1.26. The Bertz CT molecular complexity index is 574. The number of nitrogens with one attached hydrogen (secondary N) is 1. The van der Waals surface area contributed by atoms with E-state index in [1.165, 1.54) is 0 Å². The van der Waals surface area contributed by atoms with Crippen LogP contribution in [0.25, 0.3) is 0 Å². The van der Waals surface area contributed by atoms with E-state index in [9.17, 15) is 4.79 Å². The molecule has 112 valence electrons. The number of amides is 1. The minimum absolute atomic E-state index is 0.149. The van der Waals surface area contributed by atoms with Gasteiger partial charge in [-0.15, -0.1) is 0 Å². The summed E-state index contributed by atoms with van der Waals surface area (Å²) >= 11 is 0. The van der Waals surface area contributed by atoms with Crippen molar-refractivity contribution in [3.8, 4) is 0 Å². The molecule has 1 aliphatic heterocycles. The molecule has 0 unspecified atom stereocenters. The van der Waals surface area contributed by atoms with Gasteiger partial charge in [-0.3, -0.25) is 9.48 Å². The summed E-state index contributed by atoms with van der Waals surface area (Å²) in [6, 6.07) is 1.77. The molecule has 2 aromatic rings. The Balaban J connectivity index is 1.49. The molecule has 0 radical (unpaired) electrons. The fourth-order valence-electron chi connectivity index (χ4n) is 2.23. The highest BCUT2D eigenvalue weighted by Gasteiger charge is 2.21. The van der Waals surface area contributed by atoms with Gasteiger partial charge in [-0.1, -0.05) is 5.16 Å². The highest BCUT2D eigenvalue weighted by atomic mass is 16.5. The van der Waals surface area contributed by atoms with Crippen LogP contribution in [0.1, 0.15) is 30.5 Å². The first-order chi connectivity index (χ1) is 10.3. The summed E-state index contributed by atoms with van der Waals surface area (Å²) in [6.45, 7) is 1.87. The van der Waals surface area contributed by atoms with Crippen LogP contribution in [0, 0.1) is 0 Å². The summed E-state index contributed by atoms with van der Waals surface area (Å²) in [5.41, 5.74) is 0. The Kier molecular flexibility index (Phi) is 4.25. The molecule has 3 heterocycles. The summed E-state index contributed by atoms with van der Waals surface area (Å²) in [4.78, 5) is 16.0. The molecule has 0 aromatic carbocycles. The third kappa shape index (κ3) is 3.66. The molecule has 21 heavy (non-hydrogen) atoms. The van der Waals surface area contributed by atoms with E-state index in [2.05, 4.69) is 20.6 Å². The molecule has 1 N–H and O–H groups in total. The van der Waals surface area contributed by atoms with Gasteiger partial charge in [0, 0.05) is 31.5 Å². The quantitative estimate of drug-likeness (QED) is 0.860. The fraction of sp³-hybridized carbons (Fsp3) is 0.538. The van der Waals surface area contributed by atoms with Gasteiger partial charge in [-0.2, -0.15) is 10.1 Å². The minimum Gasteiger partial charge on any atom is -0.381 e. The highest BCUT2D eigenvalue weighted by Crippen LogP contribution is 2.24. The molecule has 0 bridgehead atoms. The predicted octanol–water partition coefficient (Wildman–Crippen LogP) is 0.476. The lowest BCUT2D eigenvalue weighted by Crippen LogP contribution is -2.27. The zero-order chi connectivity index (χ0) is 14.5. The van der Waals surface area contributed by atoms with Crippen molar-refractivity contribution in [3.63, 3.8) is 0 Å². The largest absolute Gasteiger partial charge is 0.381 e. The number of hydrogen-bond acceptors (Lipinski definition) is 6. The second-order valence-electron chi connectivity index (χ2n) is 4.91. The van der Waals surface area contributed by atoms with Crippen molar-refractivity contribution in [1.29, 1.82) is 0 Å². The lowest BCUT2D eigenvalue weighted by atomic mass is 10.00. The molecule has 3 rings (SSSR count). The van der Waals surface area contributed by atoms with E-state index in [1.54, 1.807) is 23.1 Å². The molecule has 1 saturated heterocycles. The molecule has 8 nitrogen and oxygen atoms in total. The Morgan fingerprint density at radius 1 is 1.43 bits per heavy atom. The van der Waals surface area contributed by atoms with Crippen LogP contribution in [0.5, 0.6) is 0 Å². The number of nitrogens with zero attached hydrogens (tertiary/aromatic N) is 4. The molecule has 0 atom stereocenters. The monoisotopic (exact) mass is 291 g/mol. The van der Waals surface area contributed by atoms with Crippen molar-refractivity contribution < 1.29 is 14.1 Å². The van der Waals surface area contributed by atoms with Gasteiger partial charge < -0.3 is 14.6 Å². The van der Waals surface area contributed by atoms with Gasteiger partial charge in [-0.25, -0.2) is 0 Å². The van der Waals surface area contributed by atoms with E-state index in [4.69, 9.17) is 9.26 Å². The average molecular weight is 291 g/mol. The highest BCUT2D eigenvalue weighted by molar-refractivity contribution is 5.75. The molecule has 0 aliphatic carbocycles. The molecule has 8 heteroatoms. The topological polar surface area (TPSA) is 95.1 Å². The molecule has 1 amide bonds. The van der Waals surface area contributed by atoms with Gasteiger partial charge in [0.25, 0.3) is 0 Å². The molecule has 0 saturated carbocycles. The Labute approximate surface area is 121 Å². The van der Waals surface area contributed by atoms with Crippen molar-refractivity contribution in [3.05, 3.63) is 30.2 Å². The molecule has 2 aromatic heterocycles. The van der Waals surface area contributed by atoms with E-state index < -0.39 is 0 Å². The van der Waals surface area contributed by atoms with E-state index in [1.807, 2.05) is 0 Å². The van der Waals surface area contributed by atoms with Crippen molar-refractivity contribution in [2.24, 2.45) is 0 Å². The number of ether oxygens (including phenoxy) is 1. The standard InChI is InChI=1S/C13H17N5O3/c19-11(9-18-5-1-4-15-18)14-8-12-16-13(17-21-12)10-2-6-20-7-3-10/h1,4-5,10H,2-3,6-9H2,(H,14,19). The van der Waals surface area contributed by atoms with Crippen LogP contribution in [-0.2, 0) is 22.6 Å². The van der Waals surface area contributed by atoms with Crippen LogP contribution in [0.2, 0.25) is 0 Å². The average Bonchev–Trinajstić information content (AvgIpc) is 3.17. The molecule has 0 spiro atoms. The minimum atomic E-state index is -0.149. The van der Waals surface area contributed by atoms with Gasteiger partial charge in [0.05, 0.1) is 6.54 Å². The van der Waals surface area contributed by atoms with E-state index in [-0.39, 0.29) is 24.9 Å². The normalized spacial score (nSPS) is 16.0. The summed E-state index contributed by atoms with van der Waals surface area (Å²) < 4.78 is 12.0. The Hall–Kier alpha value is -2.22. The van der Waals surface area contributed by atoms with Gasteiger partial charge in [0.1, 0.15) is 6.54 Å². The smallest absolute Gasteiger partial charge is 0.246 e. The zero-order valence-electron chi connectivity index (χ0n) is 11.6. The Morgan fingerprint density at radius 2 is 2.29 bits per heavy atom. The van der Waals surface area contributed by atoms with Crippen molar-refractivity contribution in [2.45, 2.75) is 31.8 Å². The van der Waals surface area contributed by atoms with Gasteiger partial charge in [0.2, 0.25) is 11.8 Å².